The van der Waals surface area contributed by atoms with Gasteiger partial charge in [-0.25, -0.2) is 9.97 Å². The number of benzene rings is 2. The van der Waals surface area contributed by atoms with E-state index in [0.717, 1.165) is 11.0 Å². The van der Waals surface area contributed by atoms with Crippen LogP contribution in [0.5, 0.6) is 0 Å². The van der Waals surface area contributed by atoms with E-state index in [9.17, 15) is 9.59 Å². The molecule has 0 aliphatic carbocycles. The number of carbonyl (C=O) groups is 2. The summed E-state index contributed by atoms with van der Waals surface area (Å²) in [6.45, 7) is 1.87. The molecule has 132 valence electrons. The molecule has 0 radical (unpaired) electrons. The van der Waals surface area contributed by atoms with Crippen LogP contribution in [0.25, 0.3) is 11.0 Å². The average Bonchev–Trinajstić information content (AvgIpc) is 2.65. The summed E-state index contributed by atoms with van der Waals surface area (Å²) in [5, 5.41) is 0.563. The highest BCUT2D eigenvalue weighted by atomic mass is 35.5. The second kappa shape index (κ2) is 8.06. The van der Waals surface area contributed by atoms with E-state index < -0.39 is 5.97 Å². The van der Waals surface area contributed by atoms with Crippen LogP contribution >= 0.6 is 11.6 Å². The molecular weight excluding hydrogens is 352 g/mol. The Morgan fingerprint density at radius 2 is 1.62 bits per heavy atom. The standard InChI is InChI=1S/C20H17ClN2O3/c1-13-18(23-17-5-3-2-4-16(17)22-13)12-26-20(25)11-10-19(24)14-6-8-15(21)9-7-14/h2-9H,10-12H2,1H3. The first kappa shape index (κ1) is 18.0. The van der Waals surface area contributed by atoms with Crippen molar-refractivity contribution in [2.45, 2.75) is 26.4 Å². The van der Waals surface area contributed by atoms with E-state index in [0.29, 0.717) is 22.0 Å². The van der Waals surface area contributed by atoms with Gasteiger partial charge in [-0.05, 0) is 43.3 Å². The van der Waals surface area contributed by atoms with Gasteiger partial charge in [0.1, 0.15) is 6.61 Å². The van der Waals surface area contributed by atoms with Crippen LogP contribution in [0.2, 0.25) is 5.02 Å². The summed E-state index contributed by atoms with van der Waals surface area (Å²) in [4.78, 5) is 32.9. The second-order valence-corrected chi connectivity index (χ2v) is 6.27. The van der Waals surface area contributed by atoms with Crippen molar-refractivity contribution in [3.05, 3.63) is 70.5 Å². The van der Waals surface area contributed by atoms with Crippen molar-refractivity contribution in [2.75, 3.05) is 0 Å². The van der Waals surface area contributed by atoms with Crippen molar-refractivity contribution >= 4 is 34.4 Å². The quantitative estimate of drug-likeness (QED) is 0.479. The zero-order valence-corrected chi connectivity index (χ0v) is 15.0. The predicted octanol–water partition coefficient (Wildman–Crippen LogP) is 4.30. The first-order valence-electron chi connectivity index (χ1n) is 8.19. The highest BCUT2D eigenvalue weighted by Gasteiger charge is 2.12. The van der Waals surface area contributed by atoms with Gasteiger partial charge < -0.3 is 4.74 Å². The van der Waals surface area contributed by atoms with Gasteiger partial charge in [-0.15, -0.1) is 0 Å². The van der Waals surface area contributed by atoms with E-state index in [1.54, 1.807) is 24.3 Å². The lowest BCUT2D eigenvalue weighted by Crippen LogP contribution is -2.10. The van der Waals surface area contributed by atoms with Crippen molar-refractivity contribution < 1.29 is 14.3 Å². The van der Waals surface area contributed by atoms with Gasteiger partial charge in [0.25, 0.3) is 0 Å². The third-order valence-corrected chi connectivity index (χ3v) is 4.19. The number of esters is 1. The number of rotatable bonds is 6. The second-order valence-electron chi connectivity index (χ2n) is 5.84. The summed E-state index contributed by atoms with van der Waals surface area (Å²) in [5.41, 5.74) is 3.41. The summed E-state index contributed by atoms with van der Waals surface area (Å²) in [7, 11) is 0. The molecule has 26 heavy (non-hydrogen) atoms. The van der Waals surface area contributed by atoms with Gasteiger partial charge in [-0.2, -0.15) is 0 Å². The van der Waals surface area contributed by atoms with Crippen molar-refractivity contribution in [1.82, 2.24) is 9.97 Å². The molecule has 0 unspecified atom stereocenters. The summed E-state index contributed by atoms with van der Waals surface area (Å²) < 4.78 is 5.25. The molecule has 6 heteroatoms. The van der Waals surface area contributed by atoms with E-state index in [-0.39, 0.29) is 25.2 Å². The van der Waals surface area contributed by atoms with Gasteiger partial charge in [-0.1, -0.05) is 23.7 Å². The molecular formula is C20H17ClN2O3. The highest BCUT2D eigenvalue weighted by Crippen LogP contribution is 2.14. The van der Waals surface area contributed by atoms with Crippen LogP contribution in [0.1, 0.15) is 34.6 Å². The number of hydrogen-bond acceptors (Lipinski definition) is 5. The van der Waals surface area contributed by atoms with E-state index in [4.69, 9.17) is 16.3 Å². The van der Waals surface area contributed by atoms with Crippen molar-refractivity contribution in [3.63, 3.8) is 0 Å². The summed E-state index contributed by atoms with van der Waals surface area (Å²) in [6.07, 6.45) is 0.102. The number of fused-ring (bicyclic) bond motifs is 1. The number of aromatic nitrogens is 2. The van der Waals surface area contributed by atoms with Crippen LogP contribution in [0, 0.1) is 6.92 Å². The Bertz CT molecular complexity index is 955. The predicted molar refractivity (Wildman–Crippen MR) is 99.1 cm³/mol. The number of ether oxygens (including phenoxy) is 1. The largest absolute Gasteiger partial charge is 0.459 e. The lowest BCUT2D eigenvalue weighted by atomic mass is 10.1. The Labute approximate surface area is 156 Å². The maximum Gasteiger partial charge on any atom is 0.306 e. The number of Topliss-reactive ketones (excluding diaryl/α,β-unsaturated/α-hetero) is 1. The number of ketones is 1. The molecule has 0 saturated heterocycles. The van der Waals surface area contributed by atoms with Crippen molar-refractivity contribution in [1.29, 1.82) is 0 Å². The molecule has 0 aliphatic rings. The summed E-state index contributed by atoms with van der Waals surface area (Å²) in [6, 6.07) is 14.1. The molecule has 0 fully saturated rings. The van der Waals surface area contributed by atoms with Gasteiger partial charge in [-0.3, -0.25) is 9.59 Å². The van der Waals surface area contributed by atoms with Gasteiger partial charge in [0.2, 0.25) is 0 Å². The van der Waals surface area contributed by atoms with Gasteiger partial charge in [0, 0.05) is 17.0 Å². The van der Waals surface area contributed by atoms with Crippen LogP contribution in [0.4, 0.5) is 0 Å². The van der Waals surface area contributed by atoms with Crippen LogP contribution in [0.15, 0.2) is 48.5 Å². The number of aryl methyl sites for hydroxylation is 1. The van der Waals surface area contributed by atoms with Crippen molar-refractivity contribution in [2.24, 2.45) is 0 Å². The molecule has 3 aromatic rings. The van der Waals surface area contributed by atoms with Crippen molar-refractivity contribution in [3.8, 4) is 0 Å². The Morgan fingerprint density at radius 3 is 2.31 bits per heavy atom. The Morgan fingerprint density at radius 1 is 0.962 bits per heavy atom. The van der Waals surface area contributed by atoms with E-state index in [2.05, 4.69) is 9.97 Å². The van der Waals surface area contributed by atoms with Crippen LogP contribution in [-0.2, 0) is 16.1 Å². The molecule has 0 aliphatic heterocycles. The Hall–Kier alpha value is -2.79. The average molecular weight is 369 g/mol. The minimum Gasteiger partial charge on any atom is -0.459 e. The zero-order valence-electron chi connectivity index (χ0n) is 14.2. The van der Waals surface area contributed by atoms with Gasteiger partial charge >= 0.3 is 5.97 Å². The molecule has 3 rings (SSSR count). The molecule has 0 amide bonds. The van der Waals surface area contributed by atoms with E-state index in [1.807, 2.05) is 31.2 Å². The Kier molecular flexibility index (Phi) is 5.58. The molecule has 5 nitrogen and oxygen atoms in total. The summed E-state index contributed by atoms with van der Waals surface area (Å²) >= 11 is 5.80. The number of nitrogens with zero attached hydrogens (tertiary/aromatic N) is 2. The molecule has 0 saturated carbocycles. The fraction of sp³-hybridized carbons (Fsp3) is 0.200. The zero-order chi connectivity index (χ0) is 18.5. The third-order valence-electron chi connectivity index (χ3n) is 3.94. The van der Waals surface area contributed by atoms with Crippen LogP contribution < -0.4 is 0 Å². The third kappa shape index (κ3) is 4.43. The van der Waals surface area contributed by atoms with E-state index in [1.165, 1.54) is 0 Å². The smallest absolute Gasteiger partial charge is 0.306 e. The first-order valence-corrected chi connectivity index (χ1v) is 8.57. The minimum absolute atomic E-state index is 0.0154. The highest BCUT2D eigenvalue weighted by molar-refractivity contribution is 6.30. The maximum absolute atomic E-state index is 12.1. The molecule has 0 bridgehead atoms. The molecule has 1 heterocycles. The maximum atomic E-state index is 12.1. The lowest BCUT2D eigenvalue weighted by Gasteiger charge is -2.08. The first-order chi connectivity index (χ1) is 12.5. The number of halogens is 1. The topological polar surface area (TPSA) is 69.2 Å². The Balaban J connectivity index is 1.55. The lowest BCUT2D eigenvalue weighted by molar-refractivity contribution is -0.145. The van der Waals surface area contributed by atoms with Gasteiger partial charge in [0.05, 0.1) is 28.8 Å². The normalized spacial score (nSPS) is 10.7. The van der Waals surface area contributed by atoms with Crippen LogP contribution in [0.3, 0.4) is 0 Å². The fourth-order valence-electron chi connectivity index (χ4n) is 2.48. The monoisotopic (exact) mass is 368 g/mol. The molecule has 0 atom stereocenters. The molecule has 1 aromatic heterocycles. The summed E-state index contributed by atoms with van der Waals surface area (Å²) in [5.74, 6) is -0.568. The fourth-order valence-corrected chi connectivity index (χ4v) is 2.60. The minimum atomic E-state index is -0.443. The number of hydrogen-bond donors (Lipinski definition) is 0. The molecule has 0 spiro atoms. The number of carbonyl (C=O) groups excluding carboxylic acids is 2. The van der Waals surface area contributed by atoms with E-state index >= 15 is 0 Å². The van der Waals surface area contributed by atoms with Gasteiger partial charge in [0.15, 0.2) is 5.78 Å². The SMILES string of the molecule is Cc1nc2ccccc2nc1COC(=O)CCC(=O)c1ccc(Cl)cc1. The van der Waals surface area contributed by atoms with Crippen LogP contribution in [-0.4, -0.2) is 21.7 Å². The molecule has 0 N–H and O–H groups in total. The number of para-hydroxylation sites is 2. The molecule has 2 aromatic carbocycles.